The van der Waals surface area contributed by atoms with Gasteiger partial charge in [-0.05, 0) is 62.6 Å². The Hall–Kier alpha value is -2.44. The Balaban J connectivity index is 1.42. The molecule has 0 saturated carbocycles. The molecule has 5 rings (SSSR count). The normalized spacial score (nSPS) is 22.2. The van der Waals surface area contributed by atoms with E-state index in [1.54, 1.807) is 0 Å². The fourth-order valence-electron chi connectivity index (χ4n) is 5.69. The van der Waals surface area contributed by atoms with Crippen molar-refractivity contribution in [2.24, 2.45) is 0 Å². The highest BCUT2D eigenvalue weighted by Crippen LogP contribution is 2.45. The smallest absolute Gasteiger partial charge is 0.317 e. The number of aromatic nitrogens is 1. The molecule has 1 aliphatic heterocycles. The molecule has 2 aliphatic rings. The minimum absolute atomic E-state index is 0.0623. The van der Waals surface area contributed by atoms with Gasteiger partial charge in [-0.3, -0.25) is 0 Å². The summed E-state index contributed by atoms with van der Waals surface area (Å²) in [6.07, 6.45) is 4.27. The number of amides is 2. The number of H-pyrrole nitrogens is 1. The van der Waals surface area contributed by atoms with Gasteiger partial charge in [0.05, 0.1) is 0 Å². The van der Waals surface area contributed by atoms with Gasteiger partial charge in [0.15, 0.2) is 0 Å². The van der Waals surface area contributed by atoms with Crippen molar-refractivity contribution >= 4 is 28.7 Å². The van der Waals surface area contributed by atoms with Crippen LogP contribution in [0, 0.1) is 0 Å². The quantitative estimate of drug-likeness (QED) is 0.494. The Bertz CT molecular complexity index is 1120. The van der Waals surface area contributed by atoms with Gasteiger partial charge in [-0.25, -0.2) is 4.79 Å². The number of urea groups is 1. The topological polar surface area (TPSA) is 51.4 Å². The lowest BCUT2D eigenvalue weighted by Gasteiger charge is -2.46. The molecule has 1 saturated heterocycles. The Labute approximate surface area is 200 Å². The highest BCUT2D eigenvalue weighted by molar-refractivity contribution is 7.98. The van der Waals surface area contributed by atoms with Crippen LogP contribution in [0.3, 0.4) is 0 Å². The molecule has 0 radical (unpaired) electrons. The Morgan fingerprint density at radius 2 is 2.00 bits per heavy atom. The molecule has 1 fully saturated rings. The van der Waals surface area contributed by atoms with Gasteiger partial charge in [-0.2, -0.15) is 0 Å². The number of piperidine rings is 1. The van der Waals surface area contributed by atoms with Gasteiger partial charge in [0.2, 0.25) is 0 Å². The number of thioether (sulfide) groups is 1. The molecule has 0 spiro atoms. The summed E-state index contributed by atoms with van der Waals surface area (Å²) < 4.78 is 0. The third-order valence-electron chi connectivity index (χ3n) is 7.40. The van der Waals surface area contributed by atoms with Crippen molar-refractivity contribution in [2.45, 2.75) is 55.3 Å². The van der Waals surface area contributed by atoms with Gasteiger partial charge in [-0.15, -0.1) is 11.8 Å². The number of benzene rings is 2. The van der Waals surface area contributed by atoms with Crippen molar-refractivity contribution in [2.75, 3.05) is 26.7 Å². The van der Waals surface area contributed by atoms with Crippen molar-refractivity contribution in [3.05, 3.63) is 65.4 Å². The number of nitrogens with zero attached hydrogens (tertiary/aromatic N) is 2. The predicted molar refractivity (Wildman–Crippen MR) is 137 cm³/mol. The lowest BCUT2D eigenvalue weighted by atomic mass is 9.74. The molecule has 6 heteroatoms. The summed E-state index contributed by atoms with van der Waals surface area (Å²) in [5.41, 5.74) is 5.47. The Morgan fingerprint density at radius 1 is 1.21 bits per heavy atom. The molecule has 5 nitrogen and oxygen atoms in total. The van der Waals surface area contributed by atoms with E-state index < -0.39 is 0 Å². The molecular formula is C27H34N4OS. The lowest BCUT2D eigenvalue weighted by Crippen LogP contribution is -2.56. The molecule has 2 heterocycles. The zero-order valence-electron chi connectivity index (χ0n) is 19.8. The monoisotopic (exact) mass is 462 g/mol. The van der Waals surface area contributed by atoms with Crippen LogP contribution in [-0.4, -0.2) is 59.6 Å². The maximum absolute atomic E-state index is 12.7. The summed E-state index contributed by atoms with van der Waals surface area (Å²) in [5.74, 6) is 1.39. The van der Waals surface area contributed by atoms with Crippen LogP contribution in [0.5, 0.6) is 0 Å². The van der Waals surface area contributed by atoms with Crippen LogP contribution in [0.1, 0.15) is 42.9 Å². The summed E-state index contributed by atoms with van der Waals surface area (Å²) in [4.78, 5) is 21.9. The van der Waals surface area contributed by atoms with Crippen molar-refractivity contribution < 1.29 is 4.79 Å². The number of likely N-dealkylation sites (N-methyl/N-ethyl adjacent to an activating group) is 1. The predicted octanol–water partition coefficient (Wildman–Crippen LogP) is 5.22. The van der Waals surface area contributed by atoms with E-state index in [-0.39, 0.29) is 12.1 Å². The van der Waals surface area contributed by atoms with Crippen LogP contribution in [0.15, 0.2) is 53.6 Å². The molecule has 0 unspecified atom stereocenters. The Morgan fingerprint density at radius 3 is 2.76 bits per heavy atom. The second-order valence-electron chi connectivity index (χ2n) is 9.40. The number of fused-ring (bicyclic) bond motifs is 2. The summed E-state index contributed by atoms with van der Waals surface area (Å²) in [6, 6.07) is 16.1. The minimum atomic E-state index is 0.0623. The van der Waals surface area contributed by atoms with Gasteiger partial charge in [0, 0.05) is 65.4 Å². The fraction of sp³-hybridized carbons (Fsp3) is 0.444. The zero-order chi connectivity index (χ0) is 22.9. The molecule has 0 bridgehead atoms. The first-order chi connectivity index (χ1) is 16.1. The summed E-state index contributed by atoms with van der Waals surface area (Å²) in [6.45, 7) is 6.46. The number of likely N-dealkylation sites (tertiary alicyclic amines) is 1. The molecule has 2 amide bonds. The van der Waals surface area contributed by atoms with E-state index in [0.717, 1.165) is 38.2 Å². The number of hydrogen-bond acceptors (Lipinski definition) is 3. The second kappa shape index (κ2) is 9.43. The van der Waals surface area contributed by atoms with E-state index in [4.69, 9.17) is 0 Å². The van der Waals surface area contributed by atoms with Gasteiger partial charge in [0.1, 0.15) is 0 Å². The molecule has 2 aromatic carbocycles. The maximum atomic E-state index is 12.7. The van der Waals surface area contributed by atoms with Crippen LogP contribution >= 0.6 is 11.8 Å². The van der Waals surface area contributed by atoms with Crippen molar-refractivity contribution in [3.8, 4) is 0 Å². The third kappa shape index (κ3) is 4.38. The SMILES string of the molecule is CCN(CC)C(=O)N[C@H]1C[C@@H]2c3cc(SCc4ccccc4)cc4[nH]cc(c34)C[C@H]2N(C)C1. The van der Waals surface area contributed by atoms with Crippen molar-refractivity contribution in [1.82, 2.24) is 20.1 Å². The van der Waals surface area contributed by atoms with E-state index >= 15 is 0 Å². The van der Waals surface area contributed by atoms with Gasteiger partial charge in [0.25, 0.3) is 0 Å². The van der Waals surface area contributed by atoms with E-state index in [1.165, 1.54) is 32.5 Å². The molecule has 1 aromatic heterocycles. The number of rotatable bonds is 6. The second-order valence-corrected chi connectivity index (χ2v) is 10.4. The summed E-state index contributed by atoms with van der Waals surface area (Å²) >= 11 is 1.90. The number of nitrogens with one attached hydrogen (secondary N) is 2. The number of carbonyl (C=O) groups is 1. The van der Waals surface area contributed by atoms with Crippen LogP contribution in [-0.2, 0) is 12.2 Å². The number of carbonyl (C=O) groups excluding carboxylic acids is 1. The Kier molecular flexibility index (Phi) is 6.39. The van der Waals surface area contributed by atoms with Crippen LogP contribution in [0.25, 0.3) is 10.9 Å². The van der Waals surface area contributed by atoms with Gasteiger partial charge in [-0.1, -0.05) is 30.3 Å². The maximum Gasteiger partial charge on any atom is 0.317 e. The largest absolute Gasteiger partial charge is 0.361 e. The van der Waals surface area contributed by atoms with Gasteiger partial charge >= 0.3 is 6.03 Å². The van der Waals surface area contributed by atoms with Crippen LogP contribution < -0.4 is 5.32 Å². The first kappa shape index (κ1) is 22.4. The zero-order valence-corrected chi connectivity index (χ0v) is 20.6. The average Bonchev–Trinajstić information content (AvgIpc) is 3.23. The van der Waals surface area contributed by atoms with E-state index in [2.05, 4.69) is 70.9 Å². The number of hydrogen-bond donors (Lipinski definition) is 2. The molecule has 2 N–H and O–H groups in total. The van der Waals surface area contributed by atoms with E-state index in [0.29, 0.717) is 12.0 Å². The first-order valence-electron chi connectivity index (χ1n) is 12.1. The number of aromatic amines is 1. The highest BCUT2D eigenvalue weighted by atomic mass is 32.2. The molecule has 33 heavy (non-hydrogen) atoms. The molecule has 3 aromatic rings. The molecule has 174 valence electrons. The van der Waals surface area contributed by atoms with Crippen molar-refractivity contribution in [1.29, 1.82) is 0 Å². The summed E-state index contributed by atoms with van der Waals surface area (Å²) in [5, 5.41) is 4.73. The molecule has 3 atom stereocenters. The lowest BCUT2D eigenvalue weighted by molar-refractivity contribution is 0.124. The van der Waals surface area contributed by atoms with E-state index in [9.17, 15) is 4.79 Å². The fourth-order valence-corrected chi connectivity index (χ4v) is 6.63. The third-order valence-corrected chi connectivity index (χ3v) is 8.44. The van der Waals surface area contributed by atoms with Crippen molar-refractivity contribution in [3.63, 3.8) is 0 Å². The molecular weight excluding hydrogens is 428 g/mol. The summed E-state index contributed by atoms with van der Waals surface area (Å²) in [7, 11) is 2.22. The van der Waals surface area contributed by atoms with E-state index in [1.807, 2.05) is 30.5 Å². The van der Waals surface area contributed by atoms with Gasteiger partial charge < -0.3 is 20.1 Å². The average molecular weight is 463 g/mol. The van der Waals surface area contributed by atoms with Crippen LogP contribution in [0.2, 0.25) is 0 Å². The standard InChI is InChI=1S/C27H34N4OS/c1-4-31(5-2)27(32)29-20-12-22-23-13-21(33-17-18-9-7-6-8-10-18)14-24-26(23)19(15-28-24)11-25(22)30(3)16-20/h6-10,13-15,20,22,25,28H,4-5,11-12,16-17H2,1-3H3,(H,29,32)/t20-,22+,25+/m0/s1. The van der Waals surface area contributed by atoms with Crippen LogP contribution in [0.4, 0.5) is 4.79 Å². The first-order valence-corrected chi connectivity index (χ1v) is 13.1. The minimum Gasteiger partial charge on any atom is -0.361 e. The molecule has 1 aliphatic carbocycles. The highest BCUT2D eigenvalue weighted by Gasteiger charge is 2.40.